The first kappa shape index (κ1) is 12.3. The van der Waals surface area contributed by atoms with Crippen LogP contribution in [0.4, 0.5) is 10.1 Å². The molecule has 0 atom stereocenters. The lowest BCUT2D eigenvalue weighted by atomic mass is 10.1. The van der Waals surface area contributed by atoms with Crippen LogP contribution in [0, 0.1) is 5.82 Å². The third kappa shape index (κ3) is 2.76. The van der Waals surface area contributed by atoms with E-state index < -0.39 is 0 Å². The standard InChI is InChI=1S/C13H19FN2O/c1-13(2)9-16(5-6-17-13)12-4-3-10(8-15)7-11(12)14/h3-4,7H,5-6,8-9,15H2,1-2H3. The van der Waals surface area contributed by atoms with Crippen molar-refractivity contribution in [2.75, 3.05) is 24.6 Å². The van der Waals surface area contributed by atoms with Crippen molar-refractivity contribution in [2.24, 2.45) is 5.73 Å². The van der Waals surface area contributed by atoms with E-state index in [2.05, 4.69) is 0 Å². The average molecular weight is 238 g/mol. The fraction of sp³-hybridized carbons (Fsp3) is 0.538. The van der Waals surface area contributed by atoms with E-state index in [-0.39, 0.29) is 11.4 Å². The molecule has 94 valence electrons. The monoisotopic (exact) mass is 238 g/mol. The van der Waals surface area contributed by atoms with Gasteiger partial charge < -0.3 is 15.4 Å². The second-order valence-corrected chi connectivity index (χ2v) is 5.02. The highest BCUT2D eigenvalue weighted by atomic mass is 19.1. The van der Waals surface area contributed by atoms with E-state index in [0.29, 0.717) is 25.4 Å². The lowest BCUT2D eigenvalue weighted by molar-refractivity contribution is -0.0278. The Morgan fingerprint density at radius 1 is 1.47 bits per heavy atom. The molecule has 0 amide bonds. The van der Waals surface area contributed by atoms with Gasteiger partial charge in [0.25, 0.3) is 0 Å². The summed E-state index contributed by atoms with van der Waals surface area (Å²) in [5, 5.41) is 0. The van der Waals surface area contributed by atoms with Crippen LogP contribution in [0.15, 0.2) is 18.2 Å². The van der Waals surface area contributed by atoms with Gasteiger partial charge in [-0.1, -0.05) is 6.07 Å². The molecule has 1 aliphatic heterocycles. The van der Waals surface area contributed by atoms with Crippen molar-refractivity contribution < 1.29 is 9.13 Å². The molecule has 1 fully saturated rings. The van der Waals surface area contributed by atoms with Crippen molar-refractivity contribution in [3.8, 4) is 0 Å². The molecule has 0 unspecified atom stereocenters. The molecule has 0 saturated carbocycles. The predicted molar refractivity (Wildman–Crippen MR) is 66.5 cm³/mol. The molecule has 1 aliphatic rings. The summed E-state index contributed by atoms with van der Waals surface area (Å²) in [4.78, 5) is 2.03. The van der Waals surface area contributed by atoms with Gasteiger partial charge in [-0.25, -0.2) is 4.39 Å². The molecule has 2 N–H and O–H groups in total. The summed E-state index contributed by atoms with van der Waals surface area (Å²) in [7, 11) is 0. The maximum absolute atomic E-state index is 13.9. The third-order valence-corrected chi connectivity index (χ3v) is 3.01. The molecule has 0 bridgehead atoms. The molecule has 17 heavy (non-hydrogen) atoms. The minimum Gasteiger partial charge on any atom is -0.372 e. The van der Waals surface area contributed by atoms with E-state index in [1.807, 2.05) is 24.8 Å². The van der Waals surface area contributed by atoms with Crippen LogP contribution in [-0.4, -0.2) is 25.3 Å². The van der Waals surface area contributed by atoms with E-state index in [9.17, 15) is 4.39 Å². The van der Waals surface area contributed by atoms with Crippen LogP contribution in [0.2, 0.25) is 0 Å². The maximum Gasteiger partial charge on any atom is 0.146 e. The Morgan fingerprint density at radius 3 is 2.82 bits per heavy atom. The van der Waals surface area contributed by atoms with Crippen LogP contribution in [0.1, 0.15) is 19.4 Å². The molecule has 3 nitrogen and oxygen atoms in total. The number of nitrogens with zero attached hydrogens (tertiary/aromatic N) is 1. The number of hydrogen-bond acceptors (Lipinski definition) is 3. The minimum absolute atomic E-state index is 0.203. The van der Waals surface area contributed by atoms with Crippen LogP contribution in [0.3, 0.4) is 0 Å². The second-order valence-electron chi connectivity index (χ2n) is 5.02. The van der Waals surface area contributed by atoms with Gasteiger partial charge >= 0.3 is 0 Å². The molecular weight excluding hydrogens is 219 g/mol. The number of anilines is 1. The van der Waals surface area contributed by atoms with E-state index in [1.165, 1.54) is 6.07 Å². The number of nitrogens with two attached hydrogens (primary N) is 1. The lowest BCUT2D eigenvalue weighted by Gasteiger charge is -2.39. The fourth-order valence-electron chi connectivity index (χ4n) is 2.16. The van der Waals surface area contributed by atoms with Gasteiger partial charge in [0.2, 0.25) is 0 Å². The van der Waals surface area contributed by atoms with Crippen molar-refractivity contribution in [3.05, 3.63) is 29.6 Å². The van der Waals surface area contributed by atoms with E-state index >= 15 is 0 Å². The van der Waals surface area contributed by atoms with Gasteiger partial charge in [0.15, 0.2) is 0 Å². The Balaban J connectivity index is 2.22. The Labute approximate surface area is 101 Å². The normalized spacial score (nSPS) is 19.4. The van der Waals surface area contributed by atoms with Gasteiger partial charge in [-0.15, -0.1) is 0 Å². The fourth-order valence-corrected chi connectivity index (χ4v) is 2.16. The van der Waals surface area contributed by atoms with Gasteiger partial charge in [-0.2, -0.15) is 0 Å². The molecule has 0 aromatic heterocycles. The highest BCUT2D eigenvalue weighted by Gasteiger charge is 2.28. The van der Waals surface area contributed by atoms with Crippen LogP contribution in [0.5, 0.6) is 0 Å². The van der Waals surface area contributed by atoms with Gasteiger partial charge in [0.1, 0.15) is 5.82 Å². The molecule has 2 rings (SSSR count). The first-order valence-electron chi connectivity index (χ1n) is 5.89. The highest BCUT2D eigenvalue weighted by Crippen LogP contribution is 2.26. The molecular formula is C13H19FN2O. The van der Waals surface area contributed by atoms with Crippen molar-refractivity contribution in [2.45, 2.75) is 26.0 Å². The Hall–Kier alpha value is -1.13. The summed E-state index contributed by atoms with van der Waals surface area (Å²) in [6, 6.07) is 5.19. The largest absolute Gasteiger partial charge is 0.372 e. The number of morpholine rings is 1. The maximum atomic E-state index is 13.9. The zero-order valence-corrected chi connectivity index (χ0v) is 10.4. The van der Waals surface area contributed by atoms with Gasteiger partial charge in [0, 0.05) is 19.6 Å². The molecule has 0 spiro atoms. The molecule has 1 aromatic carbocycles. The molecule has 0 radical (unpaired) electrons. The summed E-state index contributed by atoms with van der Waals surface area (Å²) < 4.78 is 19.6. The van der Waals surface area contributed by atoms with Crippen molar-refractivity contribution in [1.29, 1.82) is 0 Å². The zero-order chi connectivity index (χ0) is 12.5. The molecule has 1 aromatic rings. The van der Waals surface area contributed by atoms with Crippen LogP contribution in [0.25, 0.3) is 0 Å². The van der Waals surface area contributed by atoms with Gasteiger partial charge in [-0.05, 0) is 31.5 Å². The van der Waals surface area contributed by atoms with Gasteiger partial charge in [0.05, 0.1) is 17.9 Å². The zero-order valence-electron chi connectivity index (χ0n) is 10.4. The SMILES string of the molecule is CC1(C)CN(c2ccc(CN)cc2F)CCO1. The highest BCUT2D eigenvalue weighted by molar-refractivity contribution is 5.50. The Kier molecular flexibility index (Phi) is 3.35. The third-order valence-electron chi connectivity index (χ3n) is 3.01. The Bertz CT molecular complexity index is 406. The Morgan fingerprint density at radius 2 is 2.24 bits per heavy atom. The van der Waals surface area contributed by atoms with Crippen LogP contribution < -0.4 is 10.6 Å². The van der Waals surface area contributed by atoms with Crippen molar-refractivity contribution in [3.63, 3.8) is 0 Å². The molecule has 0 aliphatic carbocycles. The minimum atomic E-state index is -0.225. The van der Waals surface area contributed by atoms with E-state index in [1.54, 1.807) is 6.07 Å². The number of halogens is 1. The molecule has 4 heteroatoms. The summed E-state index contributed by atoms with van der Waals surface area (Å²) in [5.41, 5.74) is 6.72. The number of hydrogen-bond donors (Lipinski definition) is 1. The van der Waals surface area contributed by atoms with Crippen molar-refractivity contribution in [1.82, 2.24) is 0 Å². The first-order chi connectivity index (χ1) is 8.02. The summed E-state index contributed by atoms with van der Waals surface area (Å²) >= 11 is 0. The molecule has 1 saturated heterocycles. The summed E-state index contributed by atoms with van der Waals surface area (Å²) in [6.07, 6.45) is 0. The quantitative estimate of drug-likeness (QED) is 0.855. The summed E-state index contributed by atoms with van der Waals surface area (Å²) in [6.45, 7) is 6.46. The van der Waals surface area contributed by atoms with Crippen LogP contribution in [-0.2, 0) is 11.3 Å². The number of benzene rings is 1. The van der Waals surface area contributed by atoms with Gasteiger partial charge in [-0.3, -0.25) is 0 Å². The predicted octanol–water partition coefficient (Wildman–Crippen LogP) is 1.90. The number of ether oxygens (including phenoxy) is 1. The van der Waals surface area contributed by atoms with Crippen LogP contribution >= 0.6 is 0 Å². The number of rotatable bonds is 2. The molecule has 1 heterocycles. The second kappa shape index (κ2) is 4.63. The topological polar surface area (TPSA) is 38.5 Å². The average Bonchev–Trinajstić information content (AvgIpc) is 2.27. The first-order valence-corrected chi connectivity index (χ1v) is 5.89. The summed E-state index contributed by atoms with van der Waals surface area (Å²) in [5.74, 6) is -0.203. The van der Waals surface area contributed by atoms with Crippen molar-refractivity contribution >= 4 is 5.69 Å². The van der Waals surface area contributed by atoms with E-state index in [4.69, 9.17) is 10.5 Å². The lowest BCUT2D eigenvalue weighted by Crippen LogP contribution is -2.48. The smallest absolute Gasteiger partial charge is 0.146 e. The van der Waals surface area contributed by atoms with E-state index in [0.717, 1.165) is 12.1 Å².